The van der Waals surface area contributed by atoms with Crippen molar-refractivity contribution in [2.75, 3.05) is 6.54 Å². The molecule has 0 aromatic heterocycles. The molecule has 0 bridgehead atoms. The number of nitrogens with one attached hydrogen (secondary N) is 1. The number of carbonyl (C=O) groups is 1. The average Bonchev–Trinajstić information content (AvgIpc) is 2.28. The lowest BCUT2D eigenvalue weighted by Gasteiger charge is -2.14. The van der Waals surface area contributed by atoms with Crippen LogP contribution in [0.3, 0.4) is 0 Å². The van der Waals surface area contributed by atoms with Crippen LogP contribution in [0.1, 0.15) is 19.4 Å². The summed E-state index contributed by atoms with van der Waals surface area (Å²) in [6.45, 7) is 9.81. The van der Waals surface area contributed by atoms with E-state index in [2.05, 4.69) is 11.9 Å². The van der Waals surface area contributed by atoms with Gasteiger partial charge in [-0.25, -0.2) is 0 Å². The molecule has 0 saturated carbocycles. The van der Waals surface area contributed by atoms with Crippen LogP contribution in [0.5, 0.6) is 5.75 Å². The number of amides is 1. The van der Waals surface area contributed by atoms with Crippen molar-refractivity contribution in [2.45, 2.75) is 26.9 Å². The minimum absolute atomic E-state index is 0.131. The Kier molecular flexibility index (Phi) is 4.76. The van der Waals surface area contributed by atoms with Crippen molar-refractivity contribution in [3.63, 3.8) is 0 Å². The molecule has 1 aromatic rings. The maximum Gasteiger partial charge on any atom is 0.261 e. The van der Waals surface area contributed by atoms with Crippen LogP contribution in [-0.4, -0.2) is 18.6 Å². The van der Waals surface area contributed by atoms with Crippen molar-refractivity contribution in [1.29, 1.82) is 0 Å². The summed E-state index contributed by atoms with van der Waals surface area (Å²) in [5.74, 6) is 0.571. The summed E-state index contributed by atoms with van der Waals surface area (Å²) in [6.07, 6.45) is -0.503. The Hall–Kier alpha value is -1.77. The van der Waals surface area contributed by atoms with Crippen LogP contribution in [0.4, 0.5) is 0 Å². The molecule has 0 fully saturated rings. The molecule has 1 aromatic carbocycles. The third kappa shape index (κ3) is 4.72. The van der Waals surface area contributed by atoms with Crippen LogP contribution in [-0.2, 0) is 4.79 Å². The highest BCUT2D eigenvalue weighted by Gasteiger charge is 2.13. The first-order valence-electron chi connectivity index (χ1n) is 5.64. The van der Waals surface area contributed by atoms with Crippen molar-refractivity contribution in [2.24, 2.45) is 0 Å². The van der Waals surface area contributed by atoms with Gasteiger partial charge in [0.1, 0.15) is 5.75 Å². The Morgan fingerprint density at radius 1 is 1.41 bits per heavy atom. The van der Waals surface area contributed by atoms with E-state index in [1.54, 1.807) is 6.92 Å². The highest BCUT2D eigenvalue weighted by atomic mass is 16.5. The van der Waals surface area contributed by atoms with Gasteiger partial charge in [-0.1, -0.05) is 29.8 Å². The zero-order chi connectivity index (χ0) is 12.8. The summed E-state index contributed by atoms with van der Waals surface area (Å²) in [6, 6.07) is 7.62. The first-order chi connectivity index (χ1) is 7.99. The second-order valence-corrected chi connectivity index (χ2v) is 4.25. The zero-order valence-electron chi connectivity index (χ0n) is 10.6. The van der Waals surface area contributed by atoms with E-state index in [1.807, 2.05) is 38.1 Å². The van der Waals surface area contributed by atoms with Crippen LogP contribution >= 0.6 is 0 Å². The number of carbonyl (C=O) groups excluding carboxylic acids is 1. The molecular weight excluding hydrogens is 214 g/mol. The first-order valence-corrected chi connectivity index (χ1v) is 5.64. The predicted molar refractivity (Wildman–Crippen MR) is 69.1 cm³/mol. The predicted octanol–water partition coefficient (Wildman–Crippen LogP) is 2.45. The smallest absolute Gasteiger partial charge is 0.261 e. The Balaban J connectivity index is 2.48. The molecule has 3 nitrogen and oxygen atoms in total. The second kappa shape index (κ2) is 6.09. The molecule has 0 aliphatic heterocycles. The zero-order valence-corrected chi connectivity index (χ0v) is 10.6. The van der Waals surface area contributed by atoms with Crippen molar-refractivity contribution >= 4 is 5.91 Å². The summed E-state index contributed by atoms with van der Waals surface area (Å²) < 4.78 is 5.52. The summed E-state index contributed by atoms with van der Waals surface area (Å²) in [5, 5.41) is 2.75. The summed E-state index contributed by atoms with van der Waals surface area (Å²) >= 11 is 0. The number of hydrogen-bond donors (Lipinski definition) is 1. The van der Waals surface area contributed by atoms with Gasteiger partial charge in [0.15, 0.2) is 6.10 Å². The maximum absolute atomic E-state index is 11.6. The van der Waals surface area contributed by atoms with Crippen LogP contribution in [0, 0.1) is 6.92 Å². The molecule has 3 heteroatoms. The molecule has 0 heterocycles. The monoisotopic (exact) mass is 233 g/mol. The number of rotatable bonds is 5. The number of aryl methyl sites for hydroxylation is 1. The SMILES string of the molecule is C=C(C)CNC(=O)C(C)Oc1ccc(C)cc1. The molecule has 0 radical (unpaired) electrons. The van der Waals surface area contributed by atoms with Crippen molar-refractivity contribution in [1.82, 2.24) is 5.32 Å². The summed E-state index contributed by atoms with van der Waals surface area (Å²) in [7, 11) is 0. The van der Waals surface area contributed by atoms with Crippen LogP contribution in [0.2, 0.25) is 0 Å². The maximum atomic E-state index is 11.6. The second-order valence-electron chi connectivity index (χ2n) is 4.25. The Morgan fingerprint density at radius 3 is 2.53 bits per heavy atom. The number of hydrogen-bond acceptors (Lipinski definition) is 2. The minimum Gasteiger partial charge on any atom is -0.481 e. The van der Waals surface area contributed by atoms with Crippen molar-refractivity contribution in [3.05, 3.63) is 42.0 Å². The molecule has 17 heavy (non-hydrogen) atoms. The highest BCUT2D eigenvalue weighted by molar-refractivity contribution is 5.80. The van der Waals surface area contributed by atoms with Crippen LogP contribution in [0.25, 0.3) is 0 Å². The highest BCUT2D eigenvalue weighted by Crippen LogP contribution is 2.13. The Morgan fingerprint density at radius 2 is 2.00 bits per heavy atom. The number of benzene rings is 1. The molecule has 0 saturated heterocycles. The van der Waals surface area contributed by atoms with Gasteiger partial charge in [-0.2, -0.15) is 0 Å². The van der Waals surface area contributed by atoms with E-state index in [0.717, 1.165) is 11.1 Å². The molecular formula is C14H19NO2. The summed E-state index contributed by atoms with van der Waals surface area (Å²) in [5.41, 5.74) is 2.08. The molecule has 1 unspecified atom stereocenters. The Bertz CT molecular complexity index is 395. The van der Waals surface area contributed by atoms with Gasteiger partial charge >= 0.3 is 0 Å². The lowest BCUT2D eigenvalue weighted by atomic mass is 10.2. The van der Waals surface area contributed by atoms with E-state index in [1.165, 1.54) is 0 Å². The Labute approximate surface area is 102 Å². The largest absolute Gasteiger partial charge is 0.481 e. The van der Waals surface area contributed by atoms with E-state index in [0.29, 0.717) is 12.3 Å². The van der Waals surface area contributed by atoms with Crippen molar-refractivity contribution < 1.29 is 9.53 Å². The lowest BCUT2D eigenvalue weighted by Crippen LogP contribution is -2.37. The topological polar surface area (TPSA) is 38.3 Å². The molecule has 0 spiro atoms. The van der Waals surface area contributed by atoms with Gasteiger partial charge in [-0.15, -0.1) is 0 Å². The molecule has 1 N–H and O–H groups in total. The fourth-order valence-corrected chi connectivity index (χ4v) is 1.26. The fourth-order valence-electron chi connectivity index (χ4n) is 1.26. The van der Waals surface area contributed by atoms with E-state index < -0.39 is 6.10 Å². The standard InChI is InChI=1S/C14H19NO2/c1-10(2)9-15-14(16)12(4)17-13-7-5-11(3)6-8-13/h5-8,12H,1,9H2,2-4H3,(H,15,16). The molecule has 1 rings (SSSR count). The molecule has 0 aliphatic carbocycles. The van der Waals surface area contributed by atoms with E-state index >= 15 is 0 Å². The lowest BCUT2D eigenvalue weighted by molar-refractivity contribution is -0.127. The van der Waals surface area contributed by atoms with Gasteiger partial charge in [-0.3, -0.25) is 4.79 Å². The third-order valence-electron chi connectivity index (χ3n) is 2.27. The number of ether oxygens (including phenoxy) is 1. The molecule has 1 amide bonds. The van der Waals surface area contributed by atoms with Gasteiger partial charge in [0.2, 0.25) is 0 Å². The third-order valence-corrected chi connectivity index (χ3v) is 2.27. The van der Waals surface area contributed by atoms with Gasteiger partial charge in [0.05, 0.1) is 0 Å². The molecule has 92 valence electrons. The molecule has 0 aliphatic rings. The summed E-state index contributed by atoms with van der Waals surface area (Å²) in [4.78, 5) is 11.6. The van der Waals surface area contributed by atoms with Crippen LogP contribution in [0.15, 0.2) is 36.4 Å². The van der Waals surface area contributed by atoms with Crippen LogP contribution < -0.4 is 10.1 Å². The normalized spacial score (nSPS) is 11.7. The van der Waals surface area contributed by atoms with Gasteiger partial charge in [-0.05, 0) is 32.9 Å². The average molecular weight is 233 g/mol. The van der Waals surface area contributed by atoms with Crippen molar-refractivity contribution in [3.8, 4) is 5.75 Å². The van der Waals surface area contributed by atoms with E-state index in [-0.39, 0.29) is 5.91 Å². The first kappa shape index (κ1) is 13.3. The fraction of sp³-hybridized carbons (Fsp3) is 0.357. The van der Waals surface area contributed by atoms with Gasteiger partial charge in [0, 0.05) is 6.54 Å². The van der Waals surface area contributed by atoms with E-state index in [4.69, 9.17) is 4.74 Å². The molecule has 1 atom stereocenters. The quantitative estimate of drug-likeness (QED) is 0.793. The van der Waals surface area contributed by atoms with Gasteiger partial charge < -0.3 is 10.1 Å². The van der Waals surface area contributed by atoms with E-state index in [9.17, 15) is 4.79 Å². The minimum atomic E-state index is -0.503. The van der Waals surface area contributed by atoms with Gasteiger partial charge in [0.25, 0.3) is 5.91 Å².